The molecule has 3 rings (SSSR count). The third-order valence-electron chi connectivity index (χ3n) is 4.05. The largest absolute Gasteiger partial charge is 0.496 e. The van der Waals surface area contributed by atoms with Crippen molar-refractivity contribution in [2.75, 3.05) is 18.1 Å². The molecule has 1 heterocycles. The van der Waals surface area contributed by atoms with Crippen molar-refractivity contribution in [2.24, 2.45) is 0 Å². The minimum absolute atomic E-state index is 0.139. The van der Waals surface area contributed by atoms with Gasteiger partial charge in [0.15, 0.2) is 0 Å². The molecule has 0 radical (unpaired) electrons. The van der Waals surface area contributed by atoms with Crippen LogP contribution in [0.4, 0.5) is 5.82 Å². The van der Waals surface area contributed by atoms with Crippen molar-refractivity contribution >= 4 is 39.2 Å². The molecule has 0 aliphatic heterocycles. The molecule has 0 unspecified atom stereocenters. The molecular weight excluding hydrogens is 418 g/mol. The zero-order chi connectivity index (χ0) is 20.1. The van der Waals surface area contributed by atoms with Crippen LogP contribution in [0.3, 0.4) is 0 Å². The number of benzene rings is 2. The molecule has 9 heteroatoms. The Labute approximate surface area is 173 Å². The number of sulfonamides is 1. The fraction of sp³-hybridized carbons (Fsp3) is 0.158. The second kappa shape index (κ2) is 8.81. The van der Waals surface area contributed by atoms with E-state index in [1.807, 2.05) is 30.5 Å². The van der Waals surface area contributed by atoms with Crippen LogP contribution < -0.4 is 9.46 Å². The average molecular weight is 436 g/mol. The van der Waals surface area contributed by atoms with Gasteiger partial charge in [-0.2, -0.15) is 0 Å². The van der Waals surface area contributed by atoms with Gasteiger partial charge in [-0.3, -0.25) is 4.72 Å². The summed E-state index contributed by atoms with van der Waals surface area (Å²) in [5.41, 5.74) is 1.31. The Kier molecular flexibility index (Phi) is 6.43. The second-order valence-electron chi connectivity index (χ2n) is 5.76. The van der Waals surface area contributed by atoms with Gasteiger partial charge in [0.25, 0.3) is 10.0 Å². The predicted molar refractivity (Wildman–Crippen MR) is 112 cm³/mol. The molecule has 0 amide bonds. The van der Waals surface area contributed by atoms with Gasteiger partial charge in [0, 0.05) is 16.9 Å². The number of para-hydroxylation sites is 1. The molecule has 0 atom stereocenters. The molecule has 0 bridgehead atoms. The van der Waals surface area contributed by atoms with Crippen LogP contribution in [0.5, 0.6) is 5.75 Å². The number of ether oxygens (including phenoxy) is 1. The normalized spacial score (nSPS) is 11.2. The van der Waals surface area contributed by atoms with Crippen LogP contribution in [0.2, 0.25) is 5.15 Å². The van der Waals surface area contributed by atoms with Crippen molar-refractivity contribution in [1.82, 2.24) is 9.97 Å². The van der Waals surface area contributed by atoms with E-state index >= 15 is 0 Å². The van der Waals surface area contributed by atoms with Crippen LogP contribution >= 0.6 is 23.4 Å². The maximum Gasteiger partial charge on any atom is 0.263 e. The van der Waals surface area contributed by atoms with Crippen LogP contribution in [0.15, 0.2) is 64.6 Å². The van der Waals surface area contributed by atoms with Crippen molar-refractivity contribution in [2.45, 2.75) is 16.2 Å². The van der Waals surface area contributed by atoms with Gasteiger partial charge in [0.05, 0.1) is 12.0 Å². The SMILES string of the molecule is COc1ccccc1Cc1c(Cl)ncnc1NS(=O)(=O)c1ccc(SC)cc1. The molecule has 3 aromatic rings. The van der Waals surface area contributed by atoms with Crippen molar-refractivity contribution in [3.05, 3.63) is 71.1 Å². The number of methoxy groups -OCH3 is 1. The van der Waals surface area contributed by atoms with Gasteiger partial charge in [-0.1, -0.05) is 29.8 Å². The molecule has 28 heavy (non-hydrogen) atoms. The monoisotopic (exact) mass is 435 g/mol. The minimum atomic E-state index is -3.82. The van der Waals surface area contributed by atoms with Gasteiger partial charge in [-0.25, -0.2) is 18.4 Å². The number of thioether (sulfide) groups is 1. The number of rotatable bonds is 7. The van der Waals surface area contributed by atoms with E-state index in [2.05, 4.69) is 14.7 Å². The first kappa shape index (κ1) is 20.4. The molecule has 1 aromatic heterocycles. The Balaban J connectivity index is 1.95. The minimum Gasteiger partial charge on any atom is -0.496 e. The average Bonchev–Trinajstić information content (AvgIpc) is 2.70. The topological polar surface area (TPSA) is 81.2 Å². The van der Waals surface area contributed by atoms with E-state index < -0.39 is 10.0 Å². The number of nitrogens with one attached hydrogen (secondary N) is 1. The van der Waals surface area contributed by atoms with Crippen LogP contribution in [0.1, 0.15) is 11.1 Å². The highest BCUT2D eigenvalue weighted by molar-refractivity contribution is 7.98. The first-order valence-electron chi connectivity index (χ1n) is 8.22. The van der Waals surface area contributed by atoms with E-state index in [0.717, 1.165) is 10.5 Å². The summed E-state index contributed by atoms with van der Waals surface area (Å²) in [7, 11) is -2.25. The maximum absolute atomic E-state index is 12.8. The third kappa shape index (κ3) is 4.57. The van der Waals surface area contributed by atoms with Crippen molar-refractivity contribution < 1.29 is 13.2 Å². The molecule has 0 spiro atoms. The zero-order valence-corrected chi connectivity index (χ0v) is 17.6. The summed E-state index contributed by atoms with van der Waals surface area (Å²) < 4.78 is 33.5. The van der Waals surface area contributed by atoms with Crippen LogP contribution in [0, 0.1) is 0 Å². The number of anilines is 1. The third-order valence-corrected chi connectivity index (χ3v) is 6.48. The summed E-state index contributed by atoms with van der Waals surface area (Å²) in [4.78, 5) is 9.21. The Morgan fingerprint density at radius 3 is 2.50 bits per heavy atom. The fourth-order valence-electron chi connectivity index (χ4n) is 2.62. The molecule has 1 N–H and O–H groups in total. The summed E-state index contributed by atoms with van der Waals surface area (Å²) >= 11 is 7.80. The van der Waals surface area contributed by atoms with Crippen molar-refractivity contribution in [1.29, 1.82) is 0 Å². The van der Waals surface area contributed by atoms with Crippen LogP contribution in [-0.4, -0.2) is 31.8 Å². The molecule has 146 valence electrons. The summed E-state index contributed by atoms with van der Waals surface area (Å²) in [6, 6.07) is 14.0. The lowest BCUT2D eigenvalue weighted by atomic mass is 10.1. The Morgan fingerprint density at radius 2 is 1.82 bits per heavy atom. The van der Waals surface area contributed by atoms with Gasteiger partial charge < -0.3 is 4.74 Å². The van der Waals surface area contributed by atoms with Gasteiger partial charge in [-0.05, 0) is 42.2 Å². The summed E-state index contributed by atoms with van der Waals surface area (Å²) in [5, 5.41) is 0.177. The van der Waals surface area contributed by atoms with Gasteiger partial charge in [0.1, 0.15) is 23.0 Å². The number of aromatic nitrogens is 2. The lowest BCUT2D eigenvalue weighted by Crippen LogP contribution is -2.16. The highest BCUT2D eigenvalue weighted by Crippen LogP contribution is 2.29. The molecule has 2 aromatic carbocycles. The molecule has 0 aliphatic carbocycles. The van der Waals surface area contributed by atoms with Gasteiger partial charge >= 0.3 is 0 Å². The van der Waals surface area contributed by atoms with E-state index in [1.165, 1.54) is 18.1 Å². The van der Waals surface area contributed by atoms with E-state index in [0.29, 0.717) is 17.7 Å². The summed E-state index contributed by atoms with van der Waals surface area (Å²) in [6.07, 6.45) is 3.46. The van der Waals surface area contributed by atoms with Crippen LogP contribution in [-0.2, 0) is 16.4 Å². The quantitative estimate of drug-likeness (QED) is 0.441. The molecule has 0 saturated heterocycles. The van der Waals surface area contributed by atoms with E-state index in [1.54, 1.807) is 31.4 Å². The first-order valence-corrected chi connectivity index (χ1v) is 11.3. The highest BCUT2D eigenvalue weighted by atomic mass is 35.5. The molecular formula is C19H18ClN3O3S2. The Morgan fingerprint density at radius 1 is 1.11 bits per heavy atom. The number of nitrogens with zero attached hydrogens (tertiary/aromatic N) is 2. The smallest absolute Gasteiger partial charge is 0.263 e. The number of hydrogen-bond acceptors (Lipinski definition) is 6. The van der Waals surface area contributed by atoms with Crippen molar-refractivity contribution in [3.63, 3.8) is 0 Å². The second-order valence-corrected chi connectivity index (χ2v) is 8.68. The standard InChI is InChI=1S/C19H18ClN3O3S2/c1-26-17-6-4-3-5-13(17)11-16-18(20)21-12-22-19(16)23-28(24,25)15-9-7-14(27-2)8-10-15/h3-10,12H,11H2,1-2H3,(H,21,22,23). The summed E-state index contributed by atoms with van der Waals surface area (Å²) in [6.45, 7) is 0. The number of halogens is 1. The Hall–Kier alpha value is -2.29. The maximum atomic E-state index is 12.8. The van der Waals surface area contributed by atoms with Gasteiger partial charge in [0.2, 0.25) is 0 Å². The highest BCUT2D eigenvalue weighted by Gasteiger charge is 2.20. The Bertz CT molecular complexity index is 1070. The molecule has 0 fully saturated rings. The fourth-order valence-corrected chi connectivity index (χ4v) is 4.27. The predicted octanol–water partition coefficient (Wildman–Crippen LogP) is 4.25. The van der Waals surface area contributed by atoms with E-state index in [4.69, 9.17) is 16.3 Å². The molecule has 6 nitrogen and oxygen atoms in total. The van der Waals surface area contributed by atoms with Crippen LogP contribution in [0.25, 0.3) is 0 Å². The lowest BCUT2D eigenvalue weighted by molar-refractivity contribution is 0.410. The molecule has 0 aliphatic rings. The first-order chi connectivity index (χ1) is 13.4. The molecule has 0 saturated carbocycles. The zero-order valence-electron chi connectivity index (χ0n) is 15.2. The number of hydrogen-bond donors (Lipinski definition) is 1. The van der Waals surface area contributed by atoms with Gasteiger partial charge in [-0.15, -0.1) is 11.8 Å². The van der Waals surface area contributed by atoms with Crippen molar-refractivity contribution in [3.8, 4) is 5.75 Å². The summed E-state index contributed by atoms with van der Waals surface area (Å²) in [5.74, 6) is 0.809. The van der Waals surface area contributed by atoms with E-state index in [9.17, 15) is 8.42 Å². The lowest BCUT2D eigenvalue weighted by Gasteiger charge is -2.14. The van der Waals surface area contributed by atoms with E-state index in [-0.39, 0.29) is 15.9 Å².